The van der Waals surface area contributed by atoms with Gasteiger partial charge >= 0.3 is 0 Å². The van der Waals surface area contributed by atoms with Crippen LogP contribution in [0.25, 0.3) is 0 Å². The van der Waals surface area contributed by atoms with Crippen LogP contribution in [0.1, 0.15) is 32.3 Å². The molecule has 0 aliphatic heterocycles. The van der Waals surface area contributed by atoms with E-state index in [2.05, 4.69) is 0 Å². The molecule has 3 heteroatoms. The van der Waals surface area contributed by atoms with Gasteiger partial charge in [-0.2, -0.15) is 0 Å². The van der Waals surface area contributed by atoms with Crippen LogP contribution >= 0.6 is 0 Å². The molecule has 0 heterocycles. The Bertz CT molecular complexity index is 368. The van der Waals surface area contributed by atoms with Gasteiger partial charge in [0.25, 0.3) is 0 Å². The minimum atomic E-state index is -0.342. The number of nitrogens with two attached hydrogens (primary N) is 1. The van der Waals surface area contributed by atoms with Crippen molar-refractivity contribution < 1.29 is 9.18 Å². The molecular weight excluding hydrogens is 205 g/mol. The van der Waals surface area contributed by atoms with Crippen LogP contribution in [0.4, 0.5) is 4.39 Å². The molecular formula is C13H18FNO. The van der Waals surface area contributed by atoms with Gasteiger partial charge in [-0.25, -0.2) is 4.39 Å². The van der Waals surface area contributed by atoms with Crippen molar-refractivity contribution in [3.05, 3.63) is 35.6 Å². The van der Waals surface area contributed by atoms with E-state index in [0.717, 1.165) is 0 Å². The predicted octanol–water partition coefficient (Wildman–Crippen LogP) is 2.45. The number of hydrogen-bond acceptors (Lipinski definition) is 2. The van der Waals surface area contributed by atoms with Crippen LogP contribution in [0.2, 0.25) is 0 Å². The molecule has 1 rings (SSSR count). The van der Waals surface area contributed by atoms with Crippen LogP contribution in [0.3, 0.4) is 0 Å². The molecule has 0 spiro atoms. The number of hydrogen-bond donors (Lipinski definition) is 1. The van der Waals surface area contributed by atoms with Crippen molar-refractivity contribution in [2.45, 2.75) is 38.6 Å². The van der Waals surface area contributed by atoms with Gasteiger partial charge in [0.1, 0.15) is 11.6 Å². The second kappa shape index (κ2) is 5.21. The zero-order valence-corrected chi connectivity index (χ0v) is 9.79. The van der Waals surface area contributed by atoms with Crippen molar-refractivity contribution in [2.75, 3.05) is 0 Å². The average molecular weight is 223 g/mol. The molecule has 2 nitrogen and oxygen atoms in total. The fourth-order valence-electron chi connectivity index (χ4n) is 1.40. The topological polar surface area (TPSA) is 43.1 Å². The van der Waals surface area contributed by atoms with Crippen LogP contribution < -0.4 is 5.73 Å². The zero-order chi connectivity index (χ0) is 12.2. The van der Waals surface area contributed by atoms with Gasteiger partial charge in [-0.15, -0.1) is 0 Å². The molecule has 0 radical (unpaired) electrons. The third kappa shape index (κ3) is 4.53. The van der Waals surface area contributed by atoms with Crippen LogP contribution in [0.15, 0.2) is 24.3 Å². The maximum Gasteiger partial charge on any atom is 0.137 e. The first kappa shape index (κ1) is 12.8. The molecule has 88 valence electrons. The molecule has 16 heavy (non-hydrogen) atoms. The average Bonchev–Trinajstić information content (AvgIpc) is 2.18. The summed E-state index contributed by atoms with van der Waals surface area (Å²) >= 11 is 0. The minimum Gasteiger partial charge on any atom is -0.326 e. The highest BCUT2D eigenvalue weighted by atomic mass is 19.1. The molecule has 0 aromatic heterocycles. The van der Waals surface area contributed by atoms with Gasteiger partial charge in [0.05, 0.1) is 0 Å². The number of carbonyl (C=O) groups excluding carboxylic acids is 1. The maximum atomic E-state index is 13.2. The lowest BCUT2D eigenvalue weighted by Crippen LogP contribution is -2.32. The van der Waals surface area contributed by atoms with E-state index in [4.69, 9.17) is 5.73 Å². The van der Waals surface area contributed by atoms with E-state index in [-0.39, 0.29) is 23.6 Å². The largest absolute Gasteiger partial charge is 0.326 e. The van der Waals surface area contributed by atoms with E-state index in [1.807, 2.05) is 13.8 Å². The second-order valence-electron chi connectivity index (χ2n) is 4.80. The van der Waals surface area contributed by atoms with Gasteiger partial charge in [0.15, 0.2) is 0 Å². The molecule has 1 aromatic carbocycles. The number of Topliss-reactive ketones (excluding diaryl/α,β-unsaturated/α-hetero) is 1. The molecule has 0 unspecified atom stereocenters. The van der Waals surface area contributed by atoms with E-state index >= 15 is 0 Å². The van der Waals surface area contributed by atoms with Crippen molar-refractivity contribution in [1.29, 1.82) is 0 Å². The standard InChI is InChI=1S/C13H18FNO/c1-13(2,15)8-7-11(16)9-10-5-3-4-6-12(10)14/h3-6H,7-9,15H2,1-2H3. The summed E-state index contributed by atoms with van der Waals surface area (Å²) in [6.07, 6.45) is 1.18. The Morgan fingerprint density at radius 2 is 2.00 bits per heavy atom. The van der Waals surface area contributed by atoms with Crippen molar-refractivity contribution in [3.8, 4) is 0 Å². The summed E-state index contributed by atoms with van der Waals surface area (Å²) in [5, 5.41) is 0. The van der Waals surface area contributed by atoms with E-state index in [9.17, 15) is 9.18 Å². The van der Waals surface area contributed by atoms with Gasteiger partial charge in [0, 0.05) is 18.4 Å². The fraction of sp³-hybridized carbons (Fsp3) is 0.462. The predicted molar refractivity (Wildman–Crippen MR) is 62.6 cm³/mol. The molecule has 1 aromatic rings. The first-order valence-corrected chi connectivity index (χ1v) is 5.42. The number of benzene rings is 1. The summed E-state index contributed by atoms with van der Waals surface area (Å²) < 4.78 is 13.2. The molecule has 0 aliphatic rings. The molecule has 0 bridgehead atoms. The van der Waals surface area contributed by atoms with Crippen molar-refractivity contribution in [1.82, 2.24) is 0 Å². The highest BCUT2D eigenvalue weighted by molar-refractivity contribution is 5.80. The van der Waals surface area contributed by atoms with Crippen LogP contribution in [-0.4, -0.2) is 11.3 Å². The number of halogens is 1. The van der Waals surface area contributed by atoms with E-state index in [1.54, 1.807) is 18.2 Å². The summed E-state index contributed by atoms with van der Waals surface area (Å²) in [5.74, 6) is -0.286. The summed E-state index contributed by atoms with van der Waals surface area (Å²) in [7, 11) is 0. The summed E-state index contributed by atoms with van der Waals surface area (Å²) in [4.78, 5) is 11.6. The zero-order valence-electron chi connectivity index (χ0n) is 9.79. The molecule has 2 N–H and O–H groups in total. The third-order valence-corrected chi connectivity index (χ3v) is 2.39. The van der Waals surface area contributed by atoms with Gasteiger partial charge in [0.2, 0.25) is 0 Å². The fourth-order valence-corrected chi connectivity index (χ4v) is 1.40. The molecule has 0 saturated heterocycles. The lowest BCUT2D eigenvalue weighted by Gasteiger charge is -2.17. The van der Waals surface area contributed by atoms with E-state index in [0.29, 0.717) is 18.4 Å². The van der Waals surface area contributed by atoms with Gasteiger partial charge < -0.3 is 5.73 Å². The summed E-state index contributed by atoms with van der Waals surface area (Å²) in [5.41, 5.74) is 5.90. The monoisotopic (exact) mass is 223 g/mol. The third-order valence-electron chi connectivity index (χ3n) is 2.39. The van der Waals surface area contributed by atoms with Crippen molar-refractivity contribution in [3.63, 3.8) is 0 Å². The molecule has 0 atom stereocenters. The summed E-state index contributed by atoms with van der Waals surface area (Å²) in [6.45, 7) is 3.76. The van der Waals surface area contributed by atoms with Crippen LogP contribution in [0, 0.1) is 5.82 Å². The highest BCUT2D eigenvalue weighted by Crippen LogP contribution is 2.12. The lowest BCUT2D eigenvalue weighted by molar-refractivity contribution is -0.118. The number of ketones is 1. The molecule has 0 aliphatic carbocycles. The van der Waals surface area contributed by atoms with Crippen molar-refractivity contribution >= 4 is 5.78 Å². The van der Waals surface area contributed by atoms with Gasteiger partial charge in [-0.3, -0.25) is 4.79 Å². The van der Waals surface area contributed by atoms with E-state index in [1.165, 1.54) is 6.07 Å². The highest BCUT2D eigenvalue weighted by Gasteiger charge is 2.14. The van der Waals surface area contributed by atoms with Crippen LogP contribution in [0.5, 0.6) is 0 Å². The second-order valence-corrected chi connectivity index (χ2v) is 4.80. The quantitative estimate of drug-likeness (QED) is 0.833. The Hall–Kier alpha value is -1.22. The Balaban J connectivity index is 2.50. The first-order valence-electron chi connectivity index (χ1n) is 5.42. The minimum absolute atomic E-state index is 0.0311. The maximum absolute atomic E-state index is 13.2. The Kier molecular flexibility index (Phi) is 4.19. The summed E-state index contributed by atoms with van der Waals surface area (Å²) in [6, 6.07) is 6.36. The first-order chi connectivity index (χ1) is 7.38. The van der Waals surface area contributed by atoms with Gasteiger partial charge in [-0.1, -0.05) is 18.2 Å². The number of carbonyl (C=O) groups is 1. The smallest absolute Gasteiger partial charge is 0.137 e. The molecule has 0 amide bonds. The van der Waals surface area contributed by atoms with Crippen molar-refractivity contribution in [2.24, 2.45) is 5.73 Å². The Morgan fingerprint density at radius 1 is 1.38 bits per heavy atom. The van der Waals surface area contributed by atoms with Crippen LogP contribution in [-0.2, 0) is 11.2 Å². The molecule has 0 fully saturated rings. The normalized spacial score (nSPS) is 11.5. The van der Waals surface area contributed by atoms with Gasteiger partial charge in [-0.05, 0) is 31.9 Å². The Labute approximate surface area is 95.7 Å². The SMILES string of the molecule is CC(C)(N)CCC(=O)Cc1ccccc1F. The lowest BCUT2D eigenvalue weighted by atomic mass is 9.96. The Morgan fingerprint density at radius 3 is 2.56 bits per heavy atom. The number of rotatable bonds is 5. The molecule has 0 saturated carbocycles. The van der Waals surface area contributed by atoms with E-state index < -0.39 is 0 Å².